The van der Waals surface area contributed by atoms with Gasteiger partial charge in [0.05, 0.1) is 24.8 Å². The molecule has 0 bridgehead atoms. The van der Waals surface area contributed by atoms with Crippen LogP contribution in [-0.4, -0.2) is 32.8 Å². The van der Waals surface area contributed by atoms with E-state index >= 15 is 0 Å². The smallest absolute Gasteiger partial charge is 0.471 e. The molecule has 2 aromatic carbocycles. The Hall–Kier alpha value is -3.54. The summed E-state index contributed by atoms with van der Waals surface area (Å²) in [6, 6.07) is 10.3. The molecular formula is C19H16F3N3O5S. The van der Waals surface area contributed by atoms with Crippen LogP contribution in [0.3, 0.4) is 0 Å². The maximum Gasteiger partial charge on any atom is 0.471 e. The van der Waals surface area contributed by atoms with Crippen LogP contribution in [0.5, 0.6) is 11.5 Å². The number of benzene rings is 2. The molecule has 0 amide bonds. The number of anilines is 1. The van der Waals surface area contributed by atoms with Gasteiger partial charge in [0, 0.05) is 6.07 Å². The van der Waals surface area contributed by atoms with Gasteiger partial charge in [0.15, 0.2) is 17.3 Å². The molecule has 0 saturated carbocycles. The van der Waals surface area contributed by atoms with Crippen molar-refractivity contribution in [1.82, 2.24) is 10.1 Å². The van der Waals surface area contributed by atoms with E-state index in [9.17, 15) is 21.6 Å². The molecule has 8 nitrogen and oxygen atoms in total. The summed E-state index contributed by atoms with van der Waals surface area (Å²) in [4.78, 5) is 3.15. The first kappa shape index (κ1) is 22.2. The van der Waals surface area contributed by atoms with Crippen LogP contribution in [0.25, 0.3) is 12.2 Å². The highest BCUT2D eigenvalue weighted by molar-refractivity contribution is 7.92. The molecule has 1 heterocycles. The Kier molecular flexibility index (Phi) is 6.20. The van der Waals surface area contributed by atoms with E-state index in [0.717, 1.165) is 0 Å². The average molecular weight is 455 g/mol. The lowest BCUT2D eigenvalue weighted by molar-refractivity contribution is -0.159. The summed E-state index contributed by atoms with van der Waals surface area (Å²) in [5.41, 5.74) is 0.651. The van der Waals surface area contributed by atoms with Crippen LogP contribution >= 0.6 is 0 Å². The largest absolute Gasteiger partial charge is 0.493 e. The first-order valence-corrected chi connectivity index (χ1v) is 10.0. The fourth-order valence-electron chi connectivity index (χ4n) is 2.49. The first-order valence-electron chi connectivity index (χ1n) is 8.56. The second-order valence-electron chi connectivity index (χ2n) is 6.04. The number of hydrogen-bond donors (Lipinski definition) is 1. The van der Waals surface area contributed by atoms with Gasteiger partial charge in [-0.15, -0.1) is 0 Å². The number of sulfonamides is 1. The third kappa shape index (κ3) is 5.34. The average Bonchev–Trinajstić information content (AvgIpc) is 3.22. The molecule has 3 aromatic rings. The van der Waals surface area contributed by atoms with E-state index in [4.69, 9.17) is 9.47 Å². The monoisotopic (exact) mass is 455 g/mol. The molecule has 12 heteroatoms. The highest BCUT2D eigenvalue weighted by Gasteiger charge is 2.38. The lowest BCUT2D eigenvalue weighted by atomic mass is 10.2. The van der Waals surface area contributed by atoms with Crippen molar-refractivity contribution >= 4 is 27.9 Å². The molecule has 0 spiro atoms. The number of halogens is 3. The van der Waals surface area contributed by atoms with Crippen LogP contribution in [0, 0.1) is 0 Å². The normalized spacial score (nSPS) is 12.2. The van der Waals surface area contributed by atoms with Gasteiger partial charge in [0.1, 0.15) is 0 Å². The van der Waals surface area contributed by atoms with Gasteiger partial charge in [-0.25, -0.2) is 8.42 Å². The Morgan fingerprint density at radius 3 is 2.42 bits per heavy atom. The van der Waals surface area contributed by atoms with Crippen LogP contribution < -0.4 is 14.2 Å². The summed E-state index contributed by atoms with van der Waals surface area (Å²) < 4.78 is 79.8. The third-order valence-electron chi connectivity index (χ3n) is 3.91. The van der Waals surface area contributed by atoms with Crippen molar-refractivity contribution in [1.29, 1.82) is 0 Å². The minimum absolute atomic E-state index is 0.0615. The number of ether oxygens (including phenoxy) is 2. The number of hydrogen-bond acceptors (Lipinski definition) is 7. The van der Waals surface area contributed by atoms with Gasteiger partial charge in [-0.2, -0.15) is 18.2 Å². The maximum absolute atomic E-state index is 12.7. The summed E-state index contributed by atoms with van der Waals surface area (Å²) >= 11 is 0. The second kappa shape index (κ2) is 8.68. The lowest BCUT2D eigenvalue weighted by Gasteiger charge is -2.12. The summed E-state index contributed by atoms with van der Waals surface area (Å²) in [7, 11) is -1.08. The fraction of sp³-hybridized carbons (Fsp3) is 0.158. The Balaban J connectivity index is 1.81. The van der Waals surface area contributed by atoms with Gasteiger partial charge < -0.3 is 14.0 Å². The Morgan fingerprint density at radius 1 is 1.03 bits per heavy atom. The quantitative estimate of drug-likeness (QED) is 0.573. The predicted molar refractivity (Wildman–Crippen MR) is 105 cm³/mol. The molecule has 1 N–H and O–H groups in total. The zero-order valence-corrected chi connectivity index (χ0v) is 17.0. The standard InChI is InChI=1S/C19H16F3N3O5S/c1-28-15-8-7-13(11-16(15)29-2)25-31(26,27)14-5-3-4-12(10-14)6-9-17-23-18(30-24-17)19(20,21)22/h3-11,25H,1-2H3. The molecule has 0 unspecified atom stereocenters. The van der Waals surface area contributed by atoms with E-state index in [2.05, 4.69) is 19.4 Å². The van der Waals surface area contributed by atoms with E-state index < -0.39 is 22.1 Å². The van der Waals surface area contributed by atoms with E-state index in [1.807, 2.05) is 0 Å². The van der Waals surface area contributed by atoms with Gasteiger partial charge >= 0.3 is 12.1 Å². The highest BCUT2D eigenvalue weighted by Crippen LogP contribution is 2.31. The Labute approximate surface area is 175 Å². The summed E-state index contributed by atoms with van der Waals surface area (Å²) in [5, 5.41) is 3.21. The predicted octanol–water partition coefficient (Wildman–Crippen LogP) is 4.08. The first-order chi connectivity index (χ1) is 14.6. The number of rotatable bonds is 7. The second-order valence-corrected chi connectivity index (χ2v) is 7.72. The molecule has 0 saturated heterocycles. The van der Waals surface area contributed by atoms with Crippen LogP contribution in [0.1, 0.15) is 17.3 Å². The fourth-order valence-corrected chi connectivity index (χ4v) is 3.59. The van der Waals surface area contributed by atoms with Crippen molar-refractivity contribution in [3.8, 4) is 11.5 Å². The minimum atomic E-state index is -4.75. The van der Waals surface area contributed by atoms with Gasteiger partial charge in [-0.05, 0) is 35.9 Å². The molecule has 0 aliphatic rings. The van der Waals surface area contributed by atoms with E-state index in [1.165, 1.54) is 56.7 Å². The molecule has 0 radical (unpaired) electrons. The van der Waals surface area contributed by atoms with Crippen molar-refractivity contribution in [2.45, 2.75) is 11.1 Å². The molecule has 31 heavy (non-hydrogen) atoms. The van der Waals surface area contributed by atoms with Gasteiger partial charge in [-0.1, -0.05) is 23.4 Å². The molecule has 0 atom stereocenters. The lowest BCUT2D eigenvalue weighted by Crippen LogP contribution is -2.13. The maximum atomic E-state index is 12.7. The SMILES string of the molecule is COc1ccc(NS(=O)(=O)c2cccc(C=Cc3noc(C(F)(F)F)n3)c2)cc1OC. The van der Waals surface area contributed by atoms with Crippen molar-refractivity contribution in [3.63, 3.8) is 0 Å². The number of aromatic nitrogens is 2. The van der Waals surface area contributed by atoms with Crippen LogP contribution in [0.4, 0.5) is 18.9 Å². The van der Waals surface area contributed by atoms with Gasteiger partial charge in [0.2, 0.25) is 0 Å². The molecule has 1 aromatic heterocycles. The number of methoxy groups -OCH3 is 2. The number of alkyl halides is 3. The van der Waals surface area contributed by atoms with Crippen LogP contribution in [0.2, 0.25) is 0 Å². The zero-order valence-electron chi connectivity index (χ0n) is 16.2. The topological polar surface area (TPSA) is 104 Å². The third-order valence-corrected chi connectivity index (χ3v) is 5.29. The molecular weight excluding hydrogens is 439 g/mol. The van der Waals surface area contributed by atoms with E-state index in [-0.39, 0.29) is 16.4 Å². The van der Waals surface area contributed by atoms with Crippen molar-refractivity contribution in [3.05, 3.63) is 59.7 Å². The van der Waals surface area contributed by atoms with E-state index in [1.54, 1.807) is 12.1 Å². The Bertz CT molecular complexity index is 1210. The van der Waals surface area contributed by atoms with Crippen LogP contribution in [0.15, 0.2) is 51.9 Å². The van der Waals surface area contributed by atoms with Gasteiger partial charge in [-0.3, -0.25) is 4.72 Å². The number of nitrogens with one attached hydrogen (secondary N) is 1. The van der Waals surface area contributed by atoms with Gasteiger partial charge in [0.25, 0.3) is 10.0 Å². The molecule has 0 fully saturated rings. The van der Waals surface area contributed by atoms with Crippen molar-refractivity contribution in [2.75, 3.05) is 18.9 Å². The van der Waals surface area contributed by atoms with Crippen molar-refractivity contribution < 1.29 is 35.6 Å². The summed E-state index contributed by atoms with van der Waals surface area (Å²) in [5.74, 6) is -0.989. The van der Waals surface area contributed by atoms with Crippen molar-refractivity contribution in [2.24, 2.45) is 0 Å². The highest BCUT2D eigenvalue weighted by atomic mass is 32.2. The molecule has 3 rings (SSSR count). The van der Waals surface area contributed by atoms with Crippen LogP contribution in [-0.2, 0) is 16.2 Å². The summed E-state index contributed by atoms with van der Waals surface area (Å²) in [6.45, 7) is 0. The molecule has 164 valence electrons. The molecule has 0 aliphatic heterocycles. The Morgan fingerprint density at radius 2 is 1.77 bits per heavy atom. The zero-order chi connectivity index (χ0) is 22.6. The van der Waals surface area contributed by atoms with E-state index in [0.29, 0.717) is 17.1 Å². The molecule has 0 aliphatic carbocycles. The minimum Gasteiger partial charge on any atom is -0.493 e. The summed E-state index contributed by atoms with van der Waals surface area (Å²) in [6.07, 6.45) is -2.21. The number of nitrogens with zero attached hydrogens (tertiary/aromatic N) is 2.